The van der Waals surface area contributed by atoms with Gasteiger partial charge in [-0.1, -0.05) is 42.0 Å². The van der Waals surface area contributed by atoms with E-state index in [1.54, 1.807) is 12.1 Å². The van der Waals surface area contributed by atoms with Gasteiger partial charge in [0.2, 0.25) is 0 Å². The van der Waals surface area contributed by atoms with Crippen LogP contribution in [0.2, 0.25) is 0 Å². The lowest BCUT2D eigenvalue weighted by molar-refractivity contribution is 0.0991. The third kappa shape index (κ3) is 2.85. The summed E-state index contributed by atoms with van der Waals surface area (Å²) in [6.45, 7) is 1.99. The summed E-state index contributed by atoms with van der Waals surface area (Å²) >= 11 is 3.11. The second kappa shape index (κ2) is 5.44. The van der Waals surface area contributed by atoms with Gasteiger partial charge in [-0.3, -0.25) is 4.79 Å². The molecule has 0 saturated heterocycles. The van der Waals surface area contributed by atoms with Crippen LogP contribution in [0.3, 0.4) is 0 Å². The van der Waals surface area contributed by atoms with Crippen LogP contribution in [0.25, 0.3) is 0 Å². The van der Waals surface area contributed by atoms with E-state index in [1.165, 1.54) is 6.07 Å². The molecule has 2 rings (SSSR count). The molecule has 0 heterocycles. The lowest BCUT2D eigenvalue weighted by Gasteiger charge is -2.05. The van der Waals surface area contributed by atoms with Gasteiger partial charge in [0.1, 0.15) is 5.82 Å². The largest absolute Gasteiger partial charge is 0.294 e. The summed E-state index contributed by atoms with van der Waals surface area (Å²) in [5.41, 5.74) is 2.47. The zero-order valence-corrected chi connectivity index (χ0v) is 11.5. The quantitative estimate of drug-likeness (QED) is 0.772. The van der Waals surface area contributed by atoms with Gasteiger partial charge in [-0.15, -0.1) is 0 Å². The Bertz CT molecular complexity index is 576. The molecule has 92 valence electrons. The van der Waals surface area contributed by atoms with E-state index in [4.69, 9.17) is 0 Å². The fourth-order valence-corrected chi connectivity index (χ4v) is 2.19. The maximum absolute atomic E-state index is 13.3. The topological polar surface area (TPSA) is 17.1 Å². The van der Waals surface area contributed by atoms with E-state index < -0.39 is 5.82 Å². The molecule has 0 bridgehead atoms. The van der Waals surface area contributed by atoms with Gasteiger partial charge in [0.25, 0.3) is 0 Å². The van der Waals surface area contributed by atoms with Crippen LogP contribution in [0.15, 0.2) is 46.9 Å². The number of hydrogen-bond donors (Lipinski definition) is 0. The average molecular weight is 307 g/mol. The van der Waals surface area contributed by atoms with Crippen LogP contribution in [0, 0.1) is 12.7 Å². The lowest BCUT2D eigenvalue weighted by Crippen LogP contribution is -2.05. The van der Waals surface area contributed by atoms with Gasteiger partial charge < -0.3 is 0 Å². The molecule has 0 aliphatic heterocycles. The standard InChI is InChI=1S/C15H12BrFO/c1-10-5-7-11(8-6-10)9-14(18)12-3-2-4-13(17)15(12)16/h2-8H,9H2,1H3. The molecule has 0 amide bonds. The van der Waals surface area contributed by atoms with Crippen LogP contribution in [0.4, 0.5) is 4.39 Å². The zero-order chi connectivity index (χ0) is 13.1. The minimum absolute atomic E-state index is 0.0924. The SMILES string of the molecule is Cc1ccc(CC(=O)c2cccc(F)c2Br)cc1. The fraction of sp³-hybridized carbons (Fsp3) is 0.133. The van der Waals surface area contributed by atoms with Crippen molar-refractivity contribution in [2.45, 2.75) is 13.3 Å². The highest BCUT2D eigenvalue weighted by atomic mass is 79.9. The van der Waals surface area contributed by atoms with Crippen molar-refractivity contribution in [3.8, 4) is 0 Å². The van der Waals surface area contributed by atoms with Gasteiger partial charge in [-0.25, -0.2) is 4.39 Å². The van der Waals surface area contributed by atoms with E-state index in [1.807, 2.05) is 31.2 Å². The summed E-state index contributed by atoms with van der Waals surface area (Å²) in [5, 5.41) is 0. The molecule has 1 nitrogen and oxygen atoms in total. The summed E-state index contributed by atoms with van der Waals surface area (Å²) in [4.78, 5) is 12.1. The Kier molecular flexibility index (Phi) is 3.92. The second-order valence-corrected chi connectivity index (χ2v) is 4.98. The van der Waals surface area contributed by atoms with Crippen molar-refractivity contribution in [1.82, 2.24) is 0 Å². The van der Waals surface area contributed by atoms with Gasteiger partial charge in [0.15, 0.2) is 5.78 Å². The number of benzene rings is 2. The van der Waals surface area contributed by atoms with Gasteiger partial charge in [-0.05, 0) is 34.5 Å². The number of aryl methyl sites for hydroxylation is 1. The van der Waals surface area contributed by atoms with E-state index in [-0.39, 0.29) is 16.7 Å². The predicted octanol–water partition coefficient (Wildman–Crippen LogP) is 4.32. The number of halogens is 2. The molecule has 0 aromatic heterocycles. The van der Waals surface area contributed by atoms with Crippen molar-refractivity contribution in [2.24, 2.45) is 0 Å². The number of carbonyl (C=O) groups is 1. The van der Waals surface area contributed by atoms with E-state index in [2.05, 4.69) is 15.9 Å². The van der Waals surface area contributed by atoms with Crippen LogP contribution in [0.1, 0.15) is 21.5 Å². The van der Waals surface area contributed by atoms with Crippen molar-refractivity contribution >= 4 is 21.7 Å². The molecule has 2 aromatic carbocycles. The van der Waals surface area contributed by atoms with Gasteiger partial charge in [0.05, 0.1) is 4.47 Å². The number of Topliss-reactive ketones (excluding diaryl/α,β-unsaturated/α-hetero) is 1. The molecular weight excluding hydrogens is 295 g/mol. The highest BCUT2D eigenvalue weighted by Gasteiger charge is 2.13. The molecule has 0 radical (unpaired) electrons. The molecule has 3 heteroatoms. The minimum Gasteiger partial charge on any atom is -0.294 e. The molecule has 0 spiro atoms. The van der Waals surface area contributed by atoms with Crippen LogP contribution < -0.4 is 0 Å². The third-order valence-electron chi connectivity index (χ3n) is 2.74. The Balaban J connectivity index is 2.22. The highest BCUT2D eigenvalue weighted by Crippen LogP contribution is 2.22. The van der Waals surface area contributed by atoms with Crippen molar-refractivity contribution < 1.29 is 9.18 Å². The number of rotatable bonds is 3. The Morgan fingerprint density at radius 2 is 1.83 bits per heavy atom. The van der Waals surface area contributed by atoms with Crippen molar-refractivity contribution in [1.29, 1.82) is 0 Å². The first-order valence-electron chi connectivity index (χ1n) is 5.60. The van der Waals surface area contributed by atoms with Crippen LogP contribution in [-0.4, -0.2) is 5.78 Å². The van der Waals surface area contributed by atoms with E-state index in [0.29, 0.717) is 5.56 Å². The van der Waals surface area contributed by atoms with Crippen LogP contribution in [0.5, 0.6) is 0 Å². The van der Waals surface area contributed by atoms with Crippen molar-refractivity contribution in [2.75, 3.05) is 0 Å². The number of carbonyl (C=O) groups excluding carboxylic acids is 1. The second-order valence-electron chi connectivity index (χ2n) is 4.19. The minimum atomic E-state index is -0.412. The van der Waals surface area contributed by atoms with Crippen molar-refractivity contribution in [3.63, 3.8) is 0 Å². The Hall–Kier alpha value is -1.48. The summed E-state index contributed by atoms with van der Waals surface area (Å²) in [6, 6.07) is 12.3. The van der Waals surface area contributed by atoms with Gasteiger partial charge in [0, 0.05) is 12.0 Å². The Labute approximate surface area is 114 Å². The fourth-order valence-electron chi connectivity index (χ4n) is 1.71. The van der Waals surface area contributed by atoms with Gasteiger partial charge in [-0.2, -0.15) is 0 Å². The van der Waals surface area contributed by atoms with E-state index >= 15 is 0 Å². The van der Waals surface area contributed by atoms with E-state index in [0.717, 1.165) is 11.1 Å². The van der Waals surface area contributed by atoms with E-state index in [9.17, 15) is 9.18 Å². The normalized spacial score (nSPS) is 10.4. The first-order chi connectivity index (χ1) is 8.58. The summed E-state index contributed by atoms with van der Waals surface area (Å²) < 4.78 is 13.6. The molecule has 0 N–H and O–H groups in total. The van der Waals surface area contributed by atoms with Crippen molar-refractivity contribution in [3.05, 3.63) is 69.4 Å². The summed E-state index contributed by atoms with van der Waals surface area (Å²) in [5.74, 6) is -0.505. The molecule has 0 aliphatic rings. The Morgan fingerprint density at radius 3 is 2.50 bits per heavy atom. The first kappa shape index (κ1) is 13.0. The monoisotopic (exact) mass is 306 g/mol. The highest BCUT2D eigenvalue weighted by molar-refractivity contribution is 9.10. The maximum atomic E-state index is 13.3. The number of ketones is 1. The molecule has 0 aliphatic carbocycles. The first-order valence-corrected chi connectivity index (χ1v) is 6.40. The maximum Gasteiger partial charge on any atom is 0.168 e. The summed E-state index contributed by atoms with van der Waals surface area (Å²) in [6.07, 6.45) is 0.280. The Morgan fingerprint density at radius 1 is 1.17 bits per heavy atom. The predicted molar refractivity (Wildman–Crippen MR) is 73.3 cm³/mol. The molecular formula is C15H12BrFO. The third-order valence-corrected chi connectivity index (χ3v) is 3.54. The molecule has 2 aromatic rings. The lowest BCUT2D eigenvalue weighted by atomic mass is 10.0. The van der Waals surface area contributed by atoms with Crippen LogP contribution in [-0.2, 0) is 6.42 Å². The molecule has 0 fully saturated rings. The van der Waals surface area contributed by atoms with Crippen LogP contribution >= 0.6 is 15.9 Å². The van der Waals surface area contributed by atoms with Gasteiger partial charge >= 0.3 is 0 Å². The summed E-state index contributed by atoms with van der Waals surface area (Å²) in [7, 11) is 0. The number of hydrogen-bond acceptors (Lipinski definition) is 1. The molecule has 0 unspecified atom stereocenters. The molecule has 18 heavy (non-hydrogen) atoms. The average Bonchev–Trinajstić information content (AvgIpc) is 2.35. The zero-order valence-electron chi connectivity index (χ0n) is 9.91. The smallest absolute Gasteiger partial charge is 0.168 e. The molecule has 0 atom stereocenters. The molecule has 0 saturated carbocycles.